The van der Waals surface area contributed by atoms with Crippen LogP contribution in [-0.2, 0) is 14.3 Å². The first kappa shape index (κ1) is 10.1. The van der Waals surface area contributed by atoms with Crippen molar-refractivity contribution < 1.29 is 14.3 Å². The largest absolute Gasteiger partial charge is 0.469 e. The molecule has 0 spiro atoms. The van der Waals surface area contributed by atoms with Gasteiger partial charge in [-0.1, -0.05) is 0 Å². The molecular formula is C7H13NO3. The van der Waals surface area contributed by atoms with E-state index in [2.05, 4.69) is 9.73 Å². The number of rotatable bonds is 4. The van der Waals surface area contributed by atoms with Crippen LogP contribution in [0.5, 0.6) is 0 Å². The molecule has 11 heavy (non-hydrogen) atoms. The van der Waals surface area contributed by atoms with Gasteiger partial charge < -0.3 is 9.47 Å². The molecule has 0 N–H and O–H groups in total. The van der Waals surface area contributed by atoms with Crippen LogP contribution in [0.1, 0.15) is 6.42 Å². The average Bonchev–Trinajstić information content (AvgIpc) is 2.03. The number of carbonyl (C=O) groups excluding carboxylic acids is 1. The lowest BCUT2D eigenvalue weighted by Gasteiger charge is -2.01. The summed E-state index contributed by atoms with van der Waals surface area (Å²) >= 11 is 0. The summed E-state index contributed by atoms with van der Waals surface area (Å²) < 4.78 is 9.26. The molecule has 0 aliphatic rings. The van der Waals surface area contributed by atoms with E-state index in [4.69, 9.17) is 4.74 Å². The van der Waals surface area contributed by atoms with Gasteiger partial charge >= 0.3 is 5.97 Å². The molecule has 0 atom stereocenters. The van der Waals surface area contributed by atoms with Crippen LogP contribution < -0.4 is 0 Å². The van der Waals surface area contributed by atoms with Gasteiger partial charge in [-0.2, -0.15) is 0 Å². The molecule has 4 heteroatoms. The van der Waals surface area contributed by atoms with Crippen molar-refractivity contribution in [3.63, 3.8) is 0 Å². The number of methoxy groups -OCH3 is 2. The molecule has 0 aliphatic carbocycles. The third-order valence-electron chi connectivity index (χ3n) is 1.20. The first-order valence-corrected chi connectivity index (χ1v) is 3.24. The van der Waals surface area contributed by atoms with E-state index in [0.29, 0.717) is 12.3 Å². The summed E-state index contributed by atoms with van der Waals surface area (Å²) in [5.41, 5.74) is 0.694. The Balaban J connectivity index is 3.79. The molecule has 0 saturated heterocycles. The molecule has 0 unspecified atom stereocenters. The lowest BCUT2D eigenvalue weighted by Crippen LogP contribution is -2.14. The minimum absolute atomic E-state index is 0.209. The van der Waals surface area contributed by atoms with Crippen molar-refractivity contribution in [3.05, 3.63) is 0 Å². The summed E-state index contributed by atoms with van der Waals surface area (Å²) in [7, 11) is 4.53. The fourth-order valence-corrected chi connectivity index (χ4v) is 0.600. The molecule has 0 bridgehead atoms. The van der Waals surface area contributed by atoms with Crippen molar-refractivity contribution in [1.82, 2.24) is 0 Å². The zero-order valence-electron chi connectivity index (χ0n) is 7.09. The monoisotopic (exact) mass is 159 g/mol. The van der Waals surface area contributed by atoms with Crippen molar-refractivity contribution in [2.75, 3.05) is 27.9 Å². The van der Waals surface area contributed by atoms with E-state index in [0.717, 1.165) is 0 Å². The van der Waals surface area contributed by atoms with Gasteiger partial charge in [0.2, 0.25) is 0 Å². The van der Waals surface area contributed by atoms with E-state index in [-0.39, 0.29) is 12.4 Å². The van der Waals surface area contributed by atoms with Gasteiger partial charge in [-0.05, 0) is 0 Å². The molecule has 64 valence electrons. The molecule has 0 saturated carbocycles. The van der Waals surface area contributed by atoms with Crippen LogP contribution in [0.4, 0.5) is 0 Å². The predicted octanol–water partition coefficient (Wildman–Crippen LogP) is 0.267. The lowest BCUT2D eigenvalue weighted by atomic mass is 10.3. The summed E-state index contributed by atoms with van der Waals surface area (Å²) in [5, 5.41) is 0. The topological polar surface area (TPSA) is 47.9 Å². The van der Waals surface area contributed by atoms with Gasteiger partial charge in [-0.3, -0.25) is 9.79 Å². The van der Waals surface area contributed by atoms with Crippen LogP contribution in [0.3, 0.4) is 0 Å². The smallest absolute Gasteiger partial charge is 0.311 e. The Morgan fingerprint density at radius 2 is 2.09 bits per heavy atom. The average molecular weight is 159 g/mol. The zero-order valence-corrected chi connectivity index (χ0v) is 7.09. The standard InChI is InChI=1S/C7H13NO3/c1-8-6(5-10-2)4-7(9)11-3/h4-5H2,1-3H3. The number of hydrogen-bond acceptors (Lipinski definition) is 4. The molecule has 0 heterocycles. The Morgan fingerprint density at radius 1 is 1.45 bits per heavy atom. The first-order valence-electron chi connectivity index (χ1n) is 3.24. The van der Waals surface area contributed by atoms with Crippen molar-refractivity contribution in [3.8, 4) is 0 Å². The number of carbonyl (C=O) groups is 1. The molecule has 0 amide bonds. The highest BCUT2D eigenvalue weighted by molar-refractivity contribution is 5.99. The highest BCUT2D eigenvalue weighted by Gasteiger charge is 2.05. The van der Waals surface area contributed by atoms with Crippen LogP contribution >= 0.6 is 0 Å². The molecule has 0 rings (SSSR count). The van der Waals surface area contributed by atoms with E-state index >= 15 is 0 Å². The molecule has 0 aromatic rings. The summed E-state index contributed by atoms with van der Waals surface area (Å²) in [6.45, 7) is 0.381. The van der Waals surface area contributed by atoms with Gasteiger partial charge in [0, 0.05) is 19.9 Å². The number of ether oxygens (including phenoxy) is 2. The maximum absolute atomic E-state index is 10.7. The van der Waals surface area contributed by atoms with Crippen molar-refractivity contribution >= 4 is 11.7 Å². The Bertz CT molecular complexity index is 154. The SMILES string of the molecule is CN=C(COC)CC(=O)OC. The van der Waals surface area contributed by atoms with Gasteiger partial charge in [0.25, 0.3) is 0 Å². The van der Waals surface area contributed by atoms with Crippen LogP contribution in [-0.4, -0.2) is 39.6 Å². The van der Waals surface area contributed by atoms with Crippen LogP contribution in [0.2, 0.25) is 0 Å². The fourth-order valence-electron chi connectivity index (χ4n) is 0.600. The Morgan fingerprint density at radius 3 is 2.45 bits per heavy atom. The molecule has 0 aromatic carbocycles. The quantitative estimate of drug-likeness (QED) is 0.437. The molecule has 0 fully saturated rings. The van der Waals surface area contributed by atoms with E-state index in [1.807, 2.05) is 0 Å². The maximum Gasteiger partial charge on any atom is 0.311 e. The van der Waals surface area contributed by atoms with Crippen LogP contribution in [0.25, 0.3) is 0 Å². The molecule has 0 radical (unpaired) electrons. The second kappa shape index (κ2) is 5.85. The van der Waals surface area contributed by atoms with Gasteiger partial charge in [-0.25, -0.2) is 0 Å². The first-order chi connectivity index (χ1) is 5.24. The molecule has 4 nitrogen and oxygen atoms in total. The summed E-state index contributed by atoms with van der Waals surface area (Å²) in [6, 6.07) is 0. The van der Waals surface area contributed by atoms with Gasteiger partial charge in [0.05, 0.1) is 20.1 Å². The second-order valence-corrected chi connectivity index (χ2v) is 1.98. The lowest BCUT2D eigenvalue weighted by molar-refractivity contribution is -0.139. The third kappa shape index (κ3) is 4.50. The normalized spacial score (nSPS) is 11.4. The van der Waals surface area contributed by atoms with Crippen molar-refractivity contribution in [2.24, 2.45) is 4.99 Å². The van der Waals surface area contributed by atoms with E-state index in [9.17, 15) is 4.79 Å². The van der Waals surface area contributed by atoms with E-state index < -0.39 is 0 Å². The van der Waals surface area contributed by atoms with Crippen LogP contribution in [0.15, 0.2) is 4.99 Å². The van der Waals surface area contributed by atoms with Gasteiger partial charge in [0.15, 0.2) is 0 Å². The van der Waals surface area contributed by atoms with E-state index in [1.54, 1.807) is 14.2 Å². The molecule has 0 aliphatic heterocycles. The maximum atomic E-state index is 10.7. The van der Waals surface area contributed by atoms with Crippen molar-refractivity contribution in [1.29, 1.82) is 0 Å². The summed E-state index contributed by atoms with van der Waals surface area (Å²) in [5.74, 6) is -0.289. The minimum atomic E-state index is -0.289. The number of aliphatic imine (C=N–C) groups is 1. The second-order valence-electron chi connectivity index (χ2n) is 1.98. The number of nitrogens with zero attached hydrogens (tertiary/aromatic N) is 1. The number of esters is 1. The fraction of sp³-hybridized carbons (Fsp3) is 0.714. The highest BCUT2D eigenvalue weighted by atomic mass is 16.5. The Hall–Kier alpha value is -0.900. The molecule has 0 aromatic heterocycles. The molecular weight excluding hydrogens is 146 g/mol. The Labute approximate surface area is 66.2 Å². The number of hydrogen-bond donors (Lipinski definition) is 0. The van der Waals surface area contributed by atoms with Gasteiger partial charge in [-0.15, -0.1) is 0 Å². The Kier molecular flexibility index (Phi) is 5.37. The summed E-state index contributed by atoms with van der Waals surface area (Å²) in [6.07, 6.45) is 0.209. The summed E-state index contributed by atoms with van der Waals surface area (Å²) in [4.78, 5) is 14.6. The van der Waals surface area contributed by atoms with Gasteiger partial charge in [0.1, 0.15) is 0 Å². The minimum Gasteiger partial charge on any atom is -0.469 e. The van der Waals surface area contributed by atoms with E-state index in [1.165, 1.54) is 7.11 Å². The highest BCUT2D eigenvalue weighted by Crippen LogP contribution is 1.90. The van der Waals surface area contributed by atoms with Crippen molar-refractivity contribution in [2.45, 2.75) is 6.42 Å². The predicted molar refractivity (Wildman–Crippen MR) is 41.9 cm³/mol. The zero-order chi connectivity index (χ0) is 8.69. The van der Waals surface area contributed by atoms with Crippen LogP contribution in [0, 0.1) is 0 Å². The third-order valence-corrected chi connectivity index (χ3v) is 1.20.